The first-order chi connectivity index (χ1) is 10.6. The molecule has 0 heterocycles. The second kappa shape index (κ2) is 8.30. The number of alkyl halides is 2. The van der Waals surface area contributed by atoms with E-state index >= 15 is 0 Å². The Morgan fingerprint density at radius 1 is 0.682 bits per heavy atom. The van der Waals surface area contributed by atoms with Crippen LogP contribution in [0.15, 0.2) is 48.5 Å². The zero-order valence-electron chi connectivity index (χ0n) is 12.8. The molecule has 0 radical (unpaired) electrons. The number of benzene rings is 2. The van der Waals surface area contributed by atoms with Crippen LogP contribution in [-0.2, 0) is 0 Å². The van der Waals surface area contributed by atoms with Gasteiger partial charge in [0.1, 0.15) is 11.5 Å². The summed E-state index contributed by atoms with van der Waals surface area (Å²) < 4.78 is 10.3. The number of ether oxygens (including phenoxy) is 2. The van der Waals surface area contributed by atoms with Crippen LogP contribution >= 0.6 is 23.2 Å². The fourth-order valence-electron chi connectivity index (χ4n) is 2.25. The topological polar surface area (TPSA) is 18.5 Å². The van der Waals surface area contributed by atoms with Crippen molar-refractivity contribution in [1.29, 1.82) is 0 Å². The smallest absolute Gasteiger partial charge is 0.118 e. The normalized spacial score (nSPS) is 13.5. The predicted molar refractivity (Wildman–Crippen MR) is 92.4 cm³/mol. The van der Waals surface area contributed by atoms with Crippen LogP contribution in [0.1, 0.15) is 34.7 Å². The standard InChI is InChI=1S/C18H20Cl2O2/c1-21-15-7-3-13(4-8-15)17(19)11-12-18(20)14-5-9-16(22-2)10-6-14/h3-10,17-18H,11-12H2,1-2H3/t17-,18+. The molecule has 2 aromatic carbocycles. The van der Waals surface area contributed by atoms with Crippen molar-refractivity contribution in [2.75, 3.05) is 14.2 Å². The Bertz CT molecular complexity index is 513. The van der Waals surface area contributed by atoms with Gasteiger partial charge in [-0.3, -0.25) is 0 Å². The quantitative estimate of drug-likeness (QED) is 0.599. The molecular formula is C18H20Cl2O2. The summed E-state index contributed by atoms with van der Waals surface area (Å²) in [6, 6.07) is 15.7. The van der Waals surface area contributed by atoms with E-state index in [4.69, 9.17) is 32.7 Å². The molecule has 0 N–H and O–H groups in total. The van der Waals surface area contributed by atoms with Gasteiger partial charge in [-0.1, -0.05) is 24.3 Å². The van der Waals surface area contributed by atoms with Crippen LogP contribution in [0.5, 0.6) is 11.5 Å². The molecule has 0 saturated heterocycles. The van der Waals surface area contributed by atoms with E-state index in [0.29, 0.717) is 0 Å². The van der Waals surface area contributed by atoms with E-state index in [1.54, 1.807) is 14.2 Å². The van der Waals surface area contributed by atoms with Gasteiger partial charge in [0.25, 0.3) is 0 Å². The lowest BCUT2D eigenvalue weighted by Crippen LogP contribution is -1.96. The van der Waals surface area contributed by atoms with E-state index in [-0.39, 0.29) is 10.8 Å². The van der Waals surface area contributed by atoms with Crippen LogP contribution in [0.25, 0.3) is 0 Å². The van der Waals surface area contributed by atoms with E-state index < -0.39 is 0 Å². The lowest BCUT2D eigenvalue weighted by molar-refractivity contribution is 0.414. The number of hydrogen-bond acceptors (Lipinski definition) is 2. The number of rotatable bonds is 7. The third-order valence-corrected chi connectivity index (χ3v) is 4.57. The van der Waals surface area contributed by atoms with Crippen molar-refractivity contribution in [2.24, 2.45) is 0 Å². The fraction of sp³-hybridized carbons (Fsp3) is 0.333. The van der Waals surface area contributed by atoms with Gasteiger partial charge in [-0.05, 0) is 48.2 Å². The fourth-order valence-corrected chi connectivity index (χ4v) is 2.79. The largest absolute Gasteiger partial charge is 0.497 e. The number of hydrogen-bond donors (Lipinski definition) is 0. The van der Waals surface area contributed by atoms with Gasteiger partial charge >= 0.3 is 0 Å². The Morgan fingerprint density at radius 3 is 1.27 bits per heavy atom. The molecule has 0 unspecified atom stereocenters. The van der Waals surface area contributed by atoms with Crippen molar-refractivity contribution in [3.63, 3.8) is 0 Å². The monoisotopic (exact) mass is 338 g/mol. The zero-order valence-corrected chi connectivity index (χ0v) is 14.3. The summed E-state index contributed by atoms with van der Waals surface area (Å²) in [5.74, 6) is 1.67. The highest BCUT2D eigenvalue weighted by Gasteiger charge is 2.13. The summed E-state index contributed by atoms with van der Waals surface area (Å²) in [5.41, 5.74) is 2.17. The molecule has 22 heavy (non-hydrogen) atoms. The van der Waals surface area contributed by atoms with Crippen LogP contribution in [0.2, 0.25) is 0 Å². The van der Waals surface area contributed by atoms with Gasteiger partial charge in [0.15, 0.2) is 0 Å². The number of methoxy groups -OCH3 is 2. The third-order valence-electron chi connectivity index (χ3n) is 3.63. The van der Waals surface area contributed by atoms with Crippen LogP contribution in [-0.4, -0.2) is 14.2 Å². The molecule has 2 rings (SSSR count). The lowest BCUT2D eigenvalue weighted by Gasteiger charge is -2.14. The van der Waals surface area contributed by atoms with E-state index in [2.05, 4.69) is 0 Å². The van der Waals surface area contributed by atoms with Crippen LogP contribution in [0.4, 0.5) is 0 Å². The average Bonchev–Trinajstić information content (AvgIpc) is 2.59. The van der Waals surface area contributed by atoms with Gasteiger partial charge < -0.3 is 9.47 Å². The van der Waals surface area contributed by atoms with E-state index in [0.717, 1.165) is 35.5 Å². The highest BCUT2D eigenvalue weighted by molar-refractivity contribution is 6.21. The first-order valence-electron chi connectivity index (χ1n) is 7.20. The van der Waals surface area contributed by atoms with Crippen LogP contribution in [0, 0.1) is 0 Å². The van der Waals surface area contributed by atoms with Crippen molar-refractivity contribution in [2.45, 2.75) is 23.6 Å². The Balaban J connectivity index is 1.89. The molecule has 0 saturated carbocycles. The SMILES string of the molecule is COc1ccc([C@H](Cl)CC[C@H](Cl)c2ccc(OC)cc2)cc1. The van der Waals surface area contributed by atoms with Gasteiger partial charge in [0.05, 0.1) is 25.0 Å². The Kier molecular flexibility index (Phi) is 6.41. The van der Waals surface area contributed by atoms with Crippen molar-refractivity contribution in [1.82, 2.24) is 0 Å². The van der Waals surface area contributed by atoms with Crippen LogP contribution in [0.3, 0.4) is 0 Å². The minimum absolute atomic E-state index is 0.0506. The first-order valence-corrected chi connectivity index (χ1v) is 8.07. The third kappa shape index (κ3) is 4.56. The van der Waals surface area contributed by atoms with E-state index in [1.165, 1.54) is 0 Å². The van der Waals surface area contributed by atoms with Crippen molar-refractivity contribution in [3.05, 3.63) is 59.7 Å². The zero-order chi connectivity index (χ0) is 15.9. The van der Waals surface area contributed by atoms with Gasteiger partial charge in [0.2, 0.25) is 0 Å². The molecular weight excluding hydrogens is 319 g/mol. The molecule has 0 aliphatic heterocycles. The Morgan fingerprint density at radius 2 is 1.00 bits per heavy atom. The summed E-state index contributed by atoms with van der Waals surface area (Å²) in [4.78, 5) is 0. The molecule has 0 aliphatic rings. The summed E-state index contributed by atoms with van der Waals surface area (Å²) in [5, 5.41) is -0.101. The predicted octanol–water partition coefficient (Wildman–Crippen LogP) is 5.74. The maximum atomic E-state index is 6.46. The lowest BCUT2D eigenvalue weighted by atomic mass is 10.0. The van der Waals surface area contributed by atoms with Gasteiger partial charge in [0, 0.05) is 0 Å². The van der Waals surface area contributed by atoms with Crippen molar-refractivity contribution < 1.29 is 9.47 Å². The van der Waals surface area contributed by atoms with Gasteiger partial charge in [-0.2, -0.15) is 0 Å². The molecule has 0 aromatic heterocycles. The average molecular weight is 339 g/mol. The molecule has 0 aliphatic carbocycles. The summed E-state index contributed by atoms with van der Waals surface area (Å²) in [6.45, 7) is 0. The molecule has 0 amide bonds. The maximum Gasteiger partial charge on any atom is 0.118 e. The molecule has 0 bridgehead atoms. The summed E-state index contributed by atoms with van der Waals surface area (Å²) in [7, 11) is 3.31. The maximum absolute atomic E-state index is 6.46. The number of halogens is 2. The molecule has 118 valence electrons. The van der Waals surface area contributed by atoms with E-state index in [9.17, 15) is 0 Å². The molecule has 2 aromatic rings. The summed E-state index contributed by atoms with van der Waals surface area (Å²) >= 11 is 12.9. The Hall–Kier alpha value is -1.38. The second-order valence-corrected chi connectivity index (χ2v) is 6.11. The summed E-state index contributed by atoms with van der Waals surface area (Å²) in [6.07, 6.45) is 1.63. The molecule has 2 nitrogen and oxygen atoms in total. The minimum atomic E-state index is -0.0506. The van der Waals surface area contributed by atoms with Crippen molar-refractivity contribution in [3.8, 4) is 11.5 Å². The molecule has 0 spiro atoms. The first kappa shape index (κ1) is 17.0. The van der Waals surface area contributed by atoms with Crippen LogP contribution < -0.4 is 9.47 Å². The van der Waals surface area contributed by atoms with Crippen molar-refractivity contribution >= 4 is 23.2 Å². The Labute approximate surface area is 142 Å². The van der Waals surface area contributed by atoms with Gasteiger partial charge in [-0.15, -0.1) is 23.2 Å². The molecule has 2 atom stereocenters. The molecule has 0 fully saturated rings. The second-order valence-electron chi connectivity index (χ2n) is 5.06. The minimum Gasteiger partial charge on any atom is -0.497 e. The highest BCUT2D eigenvalue weighted by atomic mass is 35.5. The van der Waals surface area contributed by atoms with E-state index in [1.807, 2.05) is 48.5 Å². The molecule has 4 heteroatoms. The highest BCUT2D eigenvalue weighted by Crippen LogP contribution is 2.33. The van der Waals surface area contributed by atoms with Gasteiger partial charge in [-0.25, -0.2) is 0 Å².